The number of nitrogens with zero attached hydrogens (tertiary/aromatic N) is 4. The highest BCUT2D eigenvalue weighted by Gasteiger charge is 2.27. The van der Waals surface area contributed by atoms with Crippen molar-refractivity contribution in [1.82, 2.24) is 20.4 Å². The van der Waals surface area contributed by atoms with Crippen LogP contribution in [0.25, 0.3) is 11.4 Å². The molecule has 0 saturated carbocycles. The van der Waals surface area contributed by atoms with Gasteiger partial charge in [0.15, 0.2) is 0 Å². The van der Waals surface area contributed by atoms with Gasteiger partial charge in [0.05, 0.1) is 17.5 Å². The van der Waals surface area contributed by atoms with E-state index in [0.717, 1.165) is 43.6 Å². The number of aromatic nitrogens is 2. The summed E-state index contributed by atoms with van der Waals surface area (Å²) in [5.74, 6) is 1.09. The average molecular weight is 480 g/mol. The predicted molar refractivity (Wildman–Crippen MR) is 132 cm³/mol. The summed E-state index contributed by atoms with van der Waals surface area (Å²) in [5.41, 5.74) is 3.15. The smallest absolute Gasteiger partial charge is 0.241 e. The molecule has 3 heterocycles. The Bertz CT molecular complexity index is 1110. The van der Waals surface area contributed by atoms with Crippen LogP contribution in [0.3, 0.4) is 0 Å². The third-order valence-corrected chi connectivity index (χ3v) is 7.02. The Kier molecular flexibility index (Phi) is 7.11. The van der Waals surface area contributed by atoms with Crippen LogP contribution < -0.4 is 10.2 Å². The molecule has 34 heavy (non-hydrogen) atoms. The number of piperidine rings is 1. The SMILES string of the molecule is O=C(NCc1ccc(N2CCCC2)cc1)C1CCCN(Cc2nc(-c3ccccc3Cl)no2)C1. The number of rotatable bonds is 7. The Balaban J connectivity index is 1.12. The van der Waals surface area contributed by atoms with Gasteiger partial charge >= 0.3 is 0 Å². The van der Waals surface area contributed by atoms with Crippen LogP contribution in [0.5, 0.6) is 0 Å². The highest BCUT2D eigenvalue weighted by Crippen LogP contribution is 2.26. The minimum Gasteiger partial charge on any atom is -0.372 e. The molecule has 1 atom stereocenters. The van der Waals surface area contributed by atoms with Crippen LogP contribution in [0.2, 0.25) is 5.02 Å². The zero-order chi connectivity index (χ0) is 23.3. The van der Waals surface area contributed by atoms with Gasteiger partial charge in [-0.3, -0.25) is 9.69 Å². The lowest BCUT2D eigenvalue weighted by Crippen LogP contribution is -2.42. The summed E-state index contributed by atoms with van der Waals surface area (Å²) in [6.45, 7) is 4.95. The number of benzene rings is 2. The van der Waals surface area contributed by atoms with E-state index in [9.17, 15) is 4.79 Å². The molecule has 1 N–H and O–H groups in total. The molecule has 2 saturated heterocycles. The molecule has 8 heteroatoms. The molecule has 2 aliphatic heterocycles. The van der Waals surface area contributed by atoms with Gasteiger partial charge in [-0.25, -0.2) is 0 Å². The Labute approximate surface area is 205 Å². The lowest BCUT2D eigenvalue weighted by atomic mass is 9.97. The van der Waals surface area contributed by atoms with Gasteiger partial charge in [0.25, 0.3) is 0 Å². The first kappa shape index (κ1) is 22.9. The molecule has 2 aromatic carbocycles. The fourth-order valence-corrected chi connectivity index (χ4v) is 5.03. The van der Waals surface area contributed by atoms with Gasteiger partial charge in [-0.05, 0) is 62.1 Å². The van der Waals surface area contributed by atoms with Crippen LogP contribution in [-0.2, 0) is 17.9 Å². The van der Waals surface area contributed by atoms with Gasteiger partial charge in [0, 0.05) is 37.4 Å². The zero-order valence-electron chi connectivity index (χ0n) is 19.3. The number of hydrogen-bond acceptors (Lipinski definition) is 6. The maximum atomic E-state index is 12.9. The number of likely N-dealkylation sites (tertiary alicyclic amines) is 1. The molecule has 3 aromatic rings. The number of anilines is 1. The molecule has 178 valence electrons. The molecule has 1 amide bonds. The molecule has 1 unspecified atom stereocenters. The second-order valence-electron chi connectivity index (χ2n) is 9.14. The Morgan fingerprint density at radius 1 is 1.06 bits per heavy atom. The summed E-state index contributed by atoms with van der Waals surface area (Å²) >= 11 is 6.25. The van der Waals surface area contributed by atoms with E-state index in [-0.39, 0.29) is 11.8 Å². The van der Waals surface area contributed by atoms with Gasteiger partial charge in [-0.15, -0.1) is 0 Å². The molecule has 0 radical (unpaired) electrons. The largest absolute Gasteiger partial charge is 0.372 e. The van der Waals surface area contributed by atoms with Crippen molar-refractivity contribution in [2.45, 2.75) is 38.8 Å². The number of carbonyl (C=O) groups excluding carboxylic acids is 1. The topological polar surface area (TPSA) is 74.5 Å². The van der Waals surface area contributed by atoms with Crippen LogP contribution >= 0.6 is 11.6 Å². The second-order valence-corrected chi connectivity index (χ2v) is 9.55. The molecule has 5 rings (SSSR count). The van der Waals surface area contributed by atoms with Crippen LogP contribution in [0.1, 0.15) is 37.1 Å². The molecular weight excluding hydrogens is 450 g/mol. The van der Waals surface area contributed by atoms with Crippen LogP contribution in [0.15, 0.2) is 53.1 Å². The molecule has 0 aliphatic carbocycles. The van der Waals surface area contributed by atoms with E-state index < -0.39 is 0 Å². The van der Waals surface area contributed by atoms with E-state index in [1.807, 2.05) is 24.3 Å². The third kappa shape index (κ3) is 5.42. The number of hydrogen-bond donors (Lipinski definition) is 1. The monoisotopic (exact) mass is 479 g/mol. The zero-order valence-corrected chi connectivity index (χ0v) is 20.0. The number of carbonyl (C=O) groups is 1. The first-order valence-electron chi connectivity index (χ1n) is 12.1. The first-order chi connectivity index (χ1) is 16.7. The average Bonchev–Trinajstić information content (AvgIpc) is 3.56. The van der Waals surface area contributed by atoms with Crippen molar-refractivity contribution in [1.29, 1.82) is 0 Å². The summed E-state index contributed by atoms with van der Waals surface area (Å²) < 4.78 is 5.46. The van der Waals surface area contributed by atoms with E-state index in [1.165, 1.54) is 18.5 Å². The van der Waals surface area contributed by atoms with E-state index >= 15 is 0 Å². The van der Waals surface area contributed by atoms with Crippen LogP contribution in [0.4, 0.5) is 5.69 Å². The summed E-state index contributed by atoms with van der Waals surface area (Å²) in [4.78, 5) is 22.0. The summed E-state index contributed by atoms with van der Waals surface area (Å²) in [7, 11) is 0. The minimum absolute atomic E-state index is 0.0383. The minimum atomic E-state index is -0.0383. The van der Waals surface area contributed by atoms with Crippen molar-refractivity contribution in [3.8, 4) is 11.4 Å². The highest BCUT2D eigenvalue weighted by molar-refractivity contribution is 6.33. The normalized spacial score (nSPS) is 18.9. The van der Waals surface area contributed by atoms with Gasteiger partial charge in [0.1, 0.15) is 0 Å². The molecule has 2 fully saturated rings. The third-order valence-electron chi connectivity index (χ3n) is 6.69. The Hall–Kier alpha value is -2.90. The van der Waals surface area contributed by atoms with Crippen molar-refractivity contribution in [3.63, 3.8) is 0 Å². The predicted octanol–water partition coefficient (Wildman–Crippen LogP) is 4.52. The van der Waals surface area contributed by atoms with Crippen LogP contribution in [0, 0.1) is 5.92 Å². The lowest BCUT2D eigenvalue weighted by molar-refractivity contribution is -0.127. The van der Waals surface area contributed by atoms with Gasteiger partial charge in [-0.2, -0.15) is 4.98 Å². The van der Waals surface area contributed by atoms with E-state index in [2.05, 4.69) is 49.5 Å². The summed E-state index contributed by atoms with van der Waals surface area (Å²) in [5, 5.41) is 7.80. The molecule has 1 aromatic heterocycles. The maximum Gasteiger partial charge on any atom is 0.241 e. The van der Waals surface area contributed by atoms with Crippen molar-refractivity contribution < 1.29 is 9.32 Å². The lowest BCUT2D eigenvalue weighted by Gasteiger charge is -2.30. The number of halogens is 1. The Morgan fingerprint density at radius 3 is 2.65 bits per heavy atom. The van der Waals surface area contributed by atoms with Crippen molar-refractivity contribution in [2.24, 2.45) is 5.92 Å². The molecule has 2 aliphatic rings. The molecule has 0 bridgehead atoms. The van der Waals surface area contributed by atoms with Crippen molar-refractivity contribution in [3.05, 3.63) is 65.0 Å². The van der Waals surface area contributed by atoms with E-state index in [0.29, 0.717) is 36.4 Å². The highest BCUT2D eigenvalue weighted by atomic mass is 35.5. The van der Waals surface area contributed by atoms with Crippen molar-refractivity contribution >= 4 is 23.2 Å². The molecule has 7 nitrogen and oxygen atoms in total. The molecule has 0 spiro atoms. The standard InChI is InChI=1S/C26H30ClN5O2/c27-23-8-2-1-7-22(23)25-29-24(34-30-25)18-31-13-5-6-20(17-31)26(33)28-16-19-9-11-21(12-10-19)32-14-3-4-15-32/h1-2,7-12,20H,3-6,13-18H2,(H,28,33). The van der Waals surface area contributed by atoms with Gasteiger partial charge in [0.2, 0.25) is 17.6 Å². The van der Waals surface area contributed by atoms with Gasteiger partial charge < -0.3 is 14.7 Å². The number of nitrogens with one attached hydrogen (secondary N) is 1. The number of amides is 1. The Morgan fingerprint density at radius 2 is 1.85 bits per heavy atom. The molecular formula is C26H30ClN5O2. The quantitative estimate of drug-likeness (QED) is 0.537. The second kappa shape index (κ2) is 10.6. The summed E-state index contributed by atoms with van der Waals surface area (Å²) in [6, 6.07) is 16.0. The summed E-state index contributed by atoms with van der Waals surface area (Å²) in [6.07, 6.45) is 4.40. The maximum absolute atomic E-state index is 12.9. The fraction of sp³-hybridized carbons (Fsp3) is 0.423. The van der Waals surface area contributed by atoms with E-state index in [4.69, 9.17) is 16.1 Å². The van der Waals surface area contributed by atoms with Gasteiger partial charge in [-0.1, -0.05) is 41.0 Å². The van der Waals surface area contributed by atoms with Crippen LogP contribution in [-0.4, -0.2) is 47.1 Å². The fourth-order valence-electron chi connectivity index (χ4n) is 4.81. The van der Waals surface area contributed by atoms with E-state index in [1.54, 1.807) is 0 Å². The first-order valence-corrected chi connectivity index (χ1v) is 12.4. The van der Waals surface area contributed by atoms with Crippen molar-refractivity contribution in [2.75, 3.05) is 31.1 Å².